The van der Waals surface area contributed by atoms with Crippen LogP contribution >= 0.6 is 15.9 Å². The van der Waals surface area contributed by atoms with Crippen molar-refractivity contribution >= 4 is 15.9 Å². The zero-order chi connectivity index (χ0) is 11.7. The highest BCUT2D eigenvalue weighted by Gasteiger charge is 2.24. The van der Waals surface area contributed by atoms with Gasteiger partial charge >= 0.3 is 0 Å². The summed E-state index contributed by atoms with van der Waals surface area (Å²) in [5.74, 6) is 0.601. The van der Waals surface area contributed by atoms with Gasteiger partial charge in [-0.1, -0.05) is 34.1 Å². The van der Waals surface area contributed by atoms with E-state index in [2.05, 4.69) is 34.1 Å². The van der Waals surface area contributed by atoms with Gasteiger partial charge in [-0.2, -0.15) is 0 Å². The molecule has 0 amide bonds. The number of hydrogen-bond donors (Lipinski definition) is 0. The number of hydrogen-bond acceptors (Lipinski definition) is 2. The van der Waals surface area contributed by atoms with E-state index in [1.165, 1.54) is 29.5 Å². The van der Waals surface area contributed by atoms with Crippen molar-refractivity contribution in [2.45, 2.75) is 30.9 Å². The van der Waals surface area contributed by atoms with Gasteiger partial charge in [-0.25, -0.2) is 0 Å². The highest BCUT2D eigenvalue weighted by atomic mass is 79.9. The second-order valence-corrected chi connectivity index (χ2v) is 5.89. The predicted octanol–water partition coefficient (Wildman–Crippen LogP) is 3.58. The fourth-order valence-electron chi connectivity index (χ4n) is 2.63. The van der Waals surface area contributed by atoms with Crippen LogP contribution in [0.3, 0.4) is 0 Å². The largest absolute Gasteiger partial charge is 0.381 e. The Morgan fingerprint density at radius 2 is 2.06 bits per heavy atom. The molecule has 1 aromatic carbocycles. The van der Waals surface area contributed by atoms with E-state index in [0.717, 1.165) is 26.4 Å². The molecule has 3 rings (SSSR count). The fourth-order valence-corrected chi connectivity index (χ4v) is 3.33. The Morgan fingerprint density at radius 1 is 1.18 bits per heavy atom. The van der Waals surface area contributed by atoms with Gasteiger partial charge in [0.1, 0.15) is 0 Å². The quantitative estimate of drug-likeness (QED) is 0.777. The van der Waals surface area contributed by atoms with E-state index in [9.17, 15) is 0 Å². The molecule has 3 heteroatoms. The Kier molecular flexibility index (Phi) is 3.50. The first-order valence-electron chi connectivity index (χ1n) is 6.26. The molecule has 17 heavy (non-hydrogen) atoms. The van der Waals surface area contributed by atoms with E-state index >= 15 is 0 Å². The first kappa shape index (κ1) is 11.7. The summed E-state index contributed by atoms with van der Waals surface area (Å²) >= 11 is 3.84. The number of halogens is 1. The van der Waals surface area contributed by atoms with Gasteiger partial charge in [-0.3, -0.25) is 0 Å². The molecule has 2 unspecified atom stereocenters. The van der Waals surface area contributed by atoms with Gasteiger partial charge in [0.15, 0.2) is 0 Å². The van der Waals surface area contributed by atoms with Crippen molar-refractivity contribution in [3.63, 3.8) is 0 Å². The van der Waals surface area contributed by atoms with E-state index in [1.54, 1.807) is 0 Å². The molecule has 1 saturated heterocycles. The van der Waals surface area contributed by atoms with Crippen LogP contribution in [0.1, 0.15) is 34.4 Å². The molecule has 0 radical (unpaired) electrons. The molecule has 0 aromatic heterocycles. The Hall–Kier alpha value is -0.380. The smallest absolute Gasteiger partial charge is 0.0725 e. The Labute approximate surface area is 110 Å². The van der Waals surface area contributed by atoms with Crippen LogP contribution in [0.15, 0.2) is 18.2 Å². The molecule has 2 nitrogen and oxygen atoms in total. The molecule has 2 aliphatic rings. The normalized spacial score (nSPS) is 25.6. The minimum atomic E-state index is 0.411. The van der Waals surface area contributed by atoms with Crippen molar-refractivity contribution in [1.29, 1.82) is 0 Å². The Bertz CT molecular complexity index is 399. The third kappa shape index (κ3) is 2.42. The summed E-state index contributed by atoms with van der Waals surface area (Å²) < 4.78 is 11.0. The van der Waals surface area contributed by atoms with E-state index in [1.807, 2.05) is 0 Å². The molecular formula is C14H17BrO2. The van der Waals surface area contributed by atoms with Gasteiger partial charge in [0.05, 0.1) is 19.8 Å². The Balaban J connectivity index is 1.78. The molecule has 0 N–H and O–H groups in total. The maximum atomic E-state index is 5.56. The SMILES string of the molecule is BrC(c1ccc2c(c1)COC2)C1CCCOC1. The first-order valence-corrected chi connectivity index (χ1v) is 7.17. The topological polar surface area (TPSA) is 18.5 Å². The van der Waals surface area contributed by atoms with E-state index in [-0.39, 0.29) is 0 Å². The Morgan fingerprint density at radius 3 is 2.88 bits per heavy atom. The van der Waals surface area contributed by atoms with Crippen molar-refractivity contribution in [1.82, 2.24) is 0 Å². The van der Waals surface area contributed by atoms with Crippen LogP contribution in [-0.4, -0.2) is 13.2 Å². The number of alkyl halides is 1. The van der Waals surface area contributed by atoms with Gasteiger partial charge in [0.25, 0.3) is 0 Å². The van der Waals surface area contributed by atoms with Crippen LogP contribution < -0.4 is 0 Å². The number of benzene rings is 1. The lowest BCUT2D eigenvalue weighted by Crippen LogP contribution is -2.21. The van der Waals surface area contributed by atoms with Crippen molar-refractivity contribution in [3.05, 3.63) is 34.9 Å². The van der Waals surface area contributed by atoms with E-state index in [4.69, 9.17) is 9.47 Å². The second-order valence-electron chi connectivity index (χ2n) is 4.90. The molecule has 1 fully saturated rings. The van der Waals surface area contributed by atoms with Crippen LogP contribution in [0.5, 0.6) is 0 Å². The summed E-state index contributed by atoms with van der Waals surface area (Å²) in [7, 11) is 0. The molecule has 2 heterocycles. The highest BCUT2D eigenvalue weighted by molar-refractivity contribution is 9.09. The minimum Gasteiger partial charge on any atom is -0.381 e. The summed E-state index contributed by atoms with van der Waals surface area (Å²) in [5, 5.41) is 0. The van der Waals surface area contributed by atoms with Gasteiger partial charge in [-0.15, -0.1) is 0 Å². The third-order valence-corrected chi connectivity index (χ3v) is 4.95. The summed E-state index contributed by atoms with van der Waals surface area (Å²) in [6.45, 7) is 3.34. The summed E-state index contributed by atoms with van der Waals surface area (Å²) in [5.41, 5.74) is 4.06. The lowest BCUT2D eigenvalue weighted by Gasteiger charge is -2.27. The molecule has 0 bridgehead atoms. The van der Waals surface area contributed by atoms with Crippen LogP contribution in [0.4, 0.5) is 0 Å². The monoisotopic (exact) mass is 296 g/mol. The van der Waals surface area contributed by atoms with Gasteiger partial charge in [-0.05, 0) is 35.4 Å². The summed E-state index contributed by atoms with van der Waals surface area (Å²) in [6, 6.07) is 6.72. The zero-order valence-corrected chi connectivity index (χ0v) is 11.4. The van der Waals surface area contributed by atoms with Gasteiger partial charge < -0.3 is 9.47 Å². The number of ether oxygens (including phenoxy) is 2. The average Bonchev–Trinajstić information content (AvgIpc) is 2.86. The number of rotatable bonds is 2. The zero-order valence-electron chi connectivity index (χ0n) is 9.82. The van der Waals surface area contributed by atoms with Crippen molar-refractivity contribution < 1.29 is 9.47 Å². The van der Waals surface area contributed by atoms with E-state index in [0.29, 0.717) is 10.7 Å². The molecule has 0 saturated carbocycles. The van der Waals surface area contributed by atoms with Crippen molar-refractivity contribution in [2.75, 3.05) is 13.2 Å². The lowest BCUT2D eigenvalue weighted by molar-refractivity contribution is 0.0546. The fraction of sp³-hybridized carbons (Fsp3) is 0.571. The molecule has 2 atom stereocenters. The predicted molar refractivity (Wildman–Crippen MR) is 70.1 cm³/mol. The van der Waals surface area contributed by atoms with Gasteiger partial charge in [0.2, 0.25) is 0 Å². The van der Waals surface area contributed by atoms with Crippen LogP contribution in [0, 0.1) is 5.92 Å². The molecule has 92 valence electrons. The number of fused-ring (bicyclic) bond motifs is 1. The van der Waals surface area contributed by atoms with Crippen molar-refractivity contribution in [3.8, 4) is 0 Å². The van der Waals surface area contributed by atoms with Crippen molar-refractivity contribution in [2.24, 2.45) is 5.92 Å². The summed E-state index contributed by atoms with van der Waals surface area (Å²) in [6.07, 6.45) is 2.43. The minimum absolute atomic E-state index is 0.411. The van der Waals surface area contributed by atoms with Gasteiger partial charge in [0, 0.05) is 11.4 Å². The van der Waals surface area contributed by atoms with E-state index < -0.39 is 0 Å². The molecular weight excluding hydrogens is 280 g/mol. The van der Waals surface area contributed by atoms with Crippen LogP contribution in [0.2, 0.25) is 0 Å². The average molecular weight is 297 g/mol. The summed E-state index contributed by atoms with van der Waals surface area (Å²) in [4.78, 5) is 0.411. The maximum absolute atomic E-state index is 5.56. The van der Waals surface area contributed by atoms with Crippen LogP contribution in [0.25, 0.3) is 0 Å². The van der Waals surface area contributed by atoms with Crippen LogP contribution in [-0.2, 0) is 22.7 Å². The molecule has 0 aliphatic carbocycles. The maximum Gasteiger partial charge on any atom is 0.0725 e. The molecule has 0 spiro atoms. The lowest BCUT2D eigenvalue weighted by atomic mass is 9.92. The highest BCUT2D eigenvalue weighted by Crippen LogP contribution is 2.37. The second kappa shape index (κ2) is 5.09. The first-order chi connectivity index (χ1) is 8.34. The molecule has 1 aromatic rings. The third-order valence-electron chi connectivity index (χ3n) is 3.67. The molecule has 2 aliphatic heterocycles. The standard InChI is InChI=1S/C14H17BrO2/c15-14(12-2-1-5-16-8-12)10-3-4-11-7-17-9-13(11)6-10/h3-4,6,12,14H,1-2,5,7-9H2.